The summed E-state index contributed by atoms with van der Waals surface area (Å²) in [7, 11) is 1.68. The molecule has 2 atom stereocenters. The first-order valence-corrected chi connectivity index (χ1v) is 7.90. The number of rotatable bonds is 4. The fraction of sp³-hybridized carbons (Fsp3) is 0.471. The van der Waals surface area contributed by atoms with Crippen LogP contribution in [0.5, 0.6) is 5.75 Å². The molecule has 0 N–H and O–H groups in total. The maximum Gasteiger partial charge on any atom is 0.225 e. The number of benzene rings is 1. The Hall–Kier alpha value is -2.37. The molecule has 0 spiro atoms. The molecule has 1 aliphatic heterocycles. The van der Waals surface area contributed by atoms with Crippen molar-refractivity contribution >= 4 is 5.91 Å². The van der Waals surface area contributed by atoms with E-state index < -0.39 is 0 Å². The summed E-state index contributed by atoms with van der Waals surface area (Å²) in [5.41, 5.74) is 2.47. The van der Waals surface area contributed by atoms with E-state index in [0.29, 0.717) is 13.0 Å². The molecular formula is C17H22N4O2. The summed E-state index contributed by atoms with van der Waals surface area (Å²) in [6, 6.07) is 6.36. The van der Waals surface area contributed by atoms with E-state index in [1.54, 1.807) is 18.1 Å². The molecule has 0 aliphatic carbocycles. The molecule has 2 unspecified atom stereocenters. The number of aromatic nitrogens is 3. The lowest BCUT2D eigenvalue weighted by Gasteiger charge is -2.40. The Morgan fingerprint density at radius 2 is 2.22 bits per heavy atom. The molecular weight excluding hydrogens is 292 g/mol. The van der Waals surface area contributed by atoms with Gasteiger partial charge in [0.15, 0.2) is 0 Å². The molecule has 1 amide bonds. The minimum Gasteiger partial charge on any atom is -0.497 e. The number of hydrogen-bond acceptors (Lipinski definition) is 4. The molecule has 0 radical (unpaired) electrons. The first kappa shape index (κ1) is 15.5. The minimum atomic E-state index is 0.0721. The van der Waals surface area contributed by atoms with Crippen LogP contribution in [0.15, 0.2) is 30.9 Å². The van der Waals surface area contributed by atoms with Crippen molar-refractivity contribution in [1.82, 2.24) is 19.7 Å². The molecule has 122 valence electrons. The summed E-state index contributed by atoms with van der Waals surface area (Å²) < 4.78 is 7.00. The van der Waals surface area contributed by atoms with Gasteiger partial charge in [-0.3, -0.25) is 9.48 Å². The zero-order chi connectivity index (χ0) is 16.4. The summed E-state index contributed by atoms with van der Waals surface area (Å²) in [6.07, 6.45) is 4.41. The van der Waals surface area contributed by atoms with Crippen molar-refractivity contribution in [2.24, 2.45) is 0 Å². The summed E-state index contributed by atoms with van der Waals surface area (Å²) in [6.45, 7) is 4.75. The third-order valence-electron chi connectivity index (χ3n) is 4.52. The van der Waals surface area contributed by atoms with Crippen molar-refractivity contribution in [2.75, 3.05) is 7.11 Å². The van der Waals surface area contributed by atoms with Crippen LogP contribution in [0.3, 0.4) is 0 Å². The van der Waals surface area contributed by atoms with E-state index in [4.69, 9.17) is 4.74 Å². The molecule has 0 saturated heterocycles. The van der Waals surface area contributed by atoms with Crippen molar-refractivity contribution in [3.05, 3.63) is 42.0 Å². The maximum absolute atomic E-state index is 12.7. The minimum absolute atomic E-state index is 0.0721. The van der Waals surface area contributed by atoms with Crippen molar-refractivity contribution in [2.45, 2.75) is 45.3 Å². The van der Waals surface area contributed by atoms with Crippen LogP contribution in [-0.2, 0) is 17.8 Å². The Balaban J connectivity index is 1.75. The summed E-state index contributed by atoms with van der Waals surface area (Å²) in [5.74, 6) is 1.02. The van der Waals surface area contributed by atoms with Crippen molar-refractivity contribution in [3.8, 4) is 5.75 Å². The number of aryl methyl sites for hydroxylation is 1. The van der Waals surface area contributed by atoms with Crippen molar-refractivity contribution in [1.29, 1.82) is 0 Å². The van der Waals surface area contributed by atoms with Crippen molar-refractivity contribution in [3.63, 3.8) is 0 Å². The number of carbonyl (C=O) groups excluding carboxylic acids is 1. The van der Waals surface area contributed by atoms with Gasteiger partial charge in [0.2, 0.25) is 5.91 Å². The quantitative estimate of drug-likeness (QED) is 0.868. The molecule has 2 aromatic rings. The normalized spacial score (nSPS) is 20.2. The van der Waals surface area contributed by atoms with Gasteiger partial charge in [0.25, 0.3) is 0 Å². The number of hydrogen-bond donors (Lipinski definition) is 0. The fourth-order valence-electron chi connectivity index (χ4n) is 3.39. The van der Waals surface area contributed by atoms with Crippen LogP contribution >= 0.6 is 0 Å². The lowest BCUT2D eigenvalue weighted by Crippen LogP contribution is -2.45. The second-order valence-corrected chi connectivity index (χ2v) is 6.00. The van der Waals surface area contributed by atoms with Gasteiger partial charge < -0.3 is 9.64 Å². The van der Waals surface area contributed by atoms with Gasteiger partial charge >= 0.3 is 0 Å². The van der Waals surface area contributed by atoms with E-state index in [0.717, 1.165) is 12.2 Å². The van der Waals surface area contributed by atoms with Gasteiger partial charge in [0, 0.05) is 12.5 Å². The average molecular weight is 314 g/mol. The van der Waals surface area contributed by atoms with Crippen LogP contribution < -0.4 is 4.74 Å². The summed E-state index contributed by atoms with van der Waals surface area (Å²) in [4.78, 5) is 18.6. The van der Waals surface area contributed by atoms with Crippen LogP contribution in [0, 0.1) is 0 Å². The molecule has 1 aromatic carbocycles. The van der Waals surface area contributed by atoms with E-state index in [2.05, 4.69) is 36.1 Å². The Morgan fingerprint density at radius 3 is 2.91 bits per heavy atom. The molecule has 2 heterocycles. The highest BCUT2D eigenvalue weighted by atomic mass is 16.5. The third kappa shape index (κ3) is 3.06. The highest BCUT2D eigenvalue weighted by molar-refractivity contribution is 5.77. The van der Waals surface area contributed by atoms with E-state index in [-0.39, 0.29) is 18.0 Å². The molecule has 0 bridgehead atoms. The number of fused-ring (bicyclic) bond motifs is 1. The standard InChI is InChI=1S/C17H22N4O2/c1-12-8-14-9-15(23-3)4-5-16(14)13(2)21(12)17(22)6-7-20-11-18-10-19-20/h4-5,9-13H,6-8H2,1-3H3. The van der Waals surface area contributed by atoms with Crippen LogP contribution in [0.4, 0.5) is 0 Å². The second-order valence-electron chi connectivity index (χ2n) is 6.00. The molecule has 6 nitrogen and oxygen atoms in total. The third-order valence-corrected chi connectivity index (χ3v) is 4.52. The highest BCUT2D eigenvalue weighted by Crippen LogP contribution is 2.35. The smallest absolute Gasteiger partial charge is 0.225 e. The zero-order valence-corrected chi connectivity index (χ0v) is 13.8. The summed E-state index contributed by atoms with van der Waals surface area (Å²) in [5, 5.41) is 4.05. The first-order valence-electron chi connectivity index (χ1n) is 7.90. The number of ether oxygens (including phenoxy) is 1. The monoisotopic (exact) mass is 314 g/mol. The first-order chi connectivity index (χ1) is 11.1. The molecule has 1 aliphatic rings. The van der Waals surface area contributed by atoms with Crippen LogP contribution in [0.1, 0.15) is 37.4 Å². The Labute approximate surface area is 136 Å². The number of carbonyl (C=O) groups is 1. The van der Waals surface area contributed by atoms with Gasteiger partial charge in [-0.1, -0.05) is 6.07 Å². The maximum atomic E-state index is 12.7. The molecule has 0 saturated carbocycles. The van der Waals surface area contributed by atoms with Gasteiger partial charge in [-0.25, -0.2) is 4.98 Å². The lowest BCUT2D eigenvalue weighted by atomic mass is 9.89. The van der Waals surface area contributed by atoms with Crippen LogP contribution in [-0.4, -0.2) is 38.7 Å². The lowest BCUT2D eigenvalue weighted by molar-refractivity contribution is -0.136. The van der Waals surface area contributed by atoms with Crippen LogP contribution in [0.2, 0.25) is 0 Å². The van der Waals surface area contributed by atoms with Crippen LogP contribution in [0.25, 0.3) is 0 Å². The van der Waals surface area contributed by atoms with E-state index >= 15 is 0 Å². The van der Waals surface area contributed by atoms with E-state index in [9.17, 15) is 4.79 Å². The molecule has 23 heavy (non-hydrogen) atoms. The summed E-state index contributed by atoms with van der Waals surface area (Å²) >= 11 is 0. The highest BCUT2D eigenvalue weighted by Gasteiger charge is 2.32. The van der Waals surface area contributed by atoms with Gasteiger partial charge in [-0.05, 0) is 43.5 Å². The van der Waals surface area contributed by atoms with E-state index in [1.807, 2.05) is 11.0 Å². The number of amides is 1. The molecule has 6 heteroatoms. The van der Waals surface area contributed by atoms with Gasteiger partial charge in [-0.15, -0.1) is 0 Å². The topological polar surface area (TPSA) is 60.2 Å². The number of methoxy groups -OCH3 is 1. The SMILES string of the molecule is COc1ccc2c(c1)CC(C)N(C(=O)CCn1cncn1)C2C. The molecule has 3 rings (SSSR count). The molecule has 1 aromatic heterocycles. The van der Waals surface area contributed by atoms with Crippen molar-refractivity contribution < 1.29 is 9.53 Å². The zero-order valence-electron chi connectivity index (χ0n) is 13.8. The van der Waals surface area contributed by atoms with E-state index in [1.165, 1.54) is 17.5 Å². The fourth-order valence-corrected chi connectivity index (χ4v) is 3.39. The van der Waals surface area contributed by atoms with Gasteiger partial charge in [-0.2, -0.15) is 5.10 Å². The van der Waals surface area contributed by atoms with Gasteiger partial charge in [0.05, 0.1) is 19.7 Å². The predicted octanol–water partition coefficient (Wildman–Crippen LogP) is 2.21. The Bertz CT molecular complexity index is 684. The molecule has 0 fully saturated rings. The Kier molecular flexibility index (Phi) is 4.32. The predicted molar refractivity (Wildman–Crippen MR) is 86.1 cm³/mol. The second kappa shape index (κ2) is 6.40. The average Bonchev–Trinajstić information content (AvgIpc) is 3.05. The van der Waals surface area contributed by atoms with Gasteiger partial charge in [0.1, 0.15) is 18.4 Å². The number of nitrogens with zero attached hydrogens (tertiary/aromatic N) is 4. The largest absolute Gasteiger partial charge is 0.497 e. The Morgan fingerprint density at radius 1 is 1.39 bits per heavy atom.